The number of aromatic nitrogens is 2. The van der Waals surface area contributed by atoms with E-state index in [4.69, 9.17) is 10.5 Å². The van der Waals surface area contributed by atoms with Gasteiger partial charge in [-0.2, -0.15) is 18.3 Å². The Morgan fingerprint density at radius 2 is 1.93 bits per heavy atom. The average Bonchev–Trinajstić information content (AvgIpc) is 3.20. The van der Waals surface area contributed by atoms with Crippen molar-refractivity contribution in [1.82, 2.24) is 9.78 Å². The van der Waals surface area contributed by atoms with Crippen molar-refractivity contribution in [2.75, 3.05) is 6.61 Å². The van der Waals surface area contributed by atoms with Gasteiger partial charge < -0.3 is 20.7 Å². The molecule has 0 amide bonds. The minimum atomic E-state index is -4.97. The van der Waals surface area contributed by atoms with Crippen LogP contribution in [0.2, 0.25) is 0 Å². The van der Waals surface area contributed by atoms with E-state index < -0.39 is 18.0 Å². The van der Waals surface area contributed by atoms with Gasteiger partial charge in [0.05, 0.1) is 6.20 Å². The molecule has 4 rings (SSSR count). The lowest BCUT2D eigenvalue weighted by Crippen LogP contribution is -2.41. The van der Waals surface area contributed by atoms with E-state index in [1.54, 1.807) is 31.4 Å². The Labute approximate surface area is 164 Å². The summed E-state index contributed by atoms with van der Waals surface area (Å²) in [4.78, 5) is 0. The molecule has 2 atom stereocenters. The van der Waals surface area contributed by atoms with Crippen molar-refractivity contribution >= 4 is 0 Å². The van der Waals surface area contributed by atoms with Crippen LogP contribution in [0, 0.1) is 0 Å². The normalized spacial score (nSPS) is 19.0. The van der Waals surface area contributed by atoms with Crippen LogP contribution in [-0.4, -0.2) is 39.0 Å². The summed E-state index contributed by atoms with van der Waals surface area (Å²) in [5, 5.41) is 24.3. The first kappa shape index (κ1) is 19.4. The molecule has 0 radical (unpaired) electrons. The summed E-state index contributed by atoms with van der Waals surface area (Å²) in [5.74, 6) is 0.0441. The quantitative estimate of drug-likeness (QED) is 0.580. The Bertz CT molecular complexity index is 1080. The lowest BCUT2D eigenvalue weighted by molar-refractivity contribution is -0.246. The highest BCUT2D eigenvalue weighted by Crippen LogP contribution is 2.58. The van der Waals surface area contributed by atoms with Gasteiger partial charge >= 0.3 is 6.18 Å². The van der Waals surface area contributed by atoms with E-state index in [-0.39, 0.29) is 34.6 Å². The van der Waals surface area contributed by atoms with Gasteiger partial charge in [-0.1, -0.05) is 24.3 Å². The van der Waals surface area contributed by atoms with E-state index in [0.29, 0.717) is 11.1 Å². The number of rotatable bonds is 4. The maximum absolute atomic E-state index is 14.1. The lowest BCUT2D eigenvalue weighted by atomic mass is 9.89. The highest BCUT2D eigenvalue weighted by molar-refractivity contribution is 5.93. The molecule has 4 N–H and O–H groups in total. The van der Waals surface area contributed by atoms with E-state index >= 15 is 0 Å². The van der Waals surface area contributed by atoms with Crippen molar-refractivity contribution in [1.29, 1.82) is 0 Å². The molecule has 1 heterocycles. The summed E-state index contributed by atoms with van der Waals surface area (Å²) >= 11 is 0. The number of benzene rings is 2. The highest BCUT2D eigenvalue weighted by atomic mass is 19.4. The first-order valence-corrected chi connectivity index (χ1v) is 8.76. The Morgan fingerprint density at radius 1 is 1.21 bits per heavy atom. The molecule has 0 bridgehead atoms. The topological polar surface area (TPSA) is 93.5 Å². The van der Waals surface area contributed by atoms with Crippen LogP contribution in [0.5, 0.6) is 5.75 Å². The third-order valence-electron chi connectivity index (χ3n) is 4.93. The second-order valence-corrected chi connectivity index (χ2v) is 6.93. The van der Waals surface area contributed by atoms with Crippen molar-refractivity contribution < 1.29 is 28.1 Å². The Morgan fingerprint density at radius 3 is 2.55 bits per heavy atom. The second kappa shape index (κ2) is 6.58. The summed E-state index contributed by atoms with van der Waals surface area (Å²) in [6, 6.07) is 8.57. The predicted octanol–water partition coefficient (Wildman–Crippen LogP) is 2.52. The van der Waals surface area contributed by atoms with Gasteiger partial charge in [-0.15, -0.1) is 0 Å². The first-order chi connectivity index (χ1) is 13.6. The number of aliphatic hydroxyl groups excluding tert-OH is 1. The molecule has 2 aromatic carbocycles. The van der Waals surface area contributed by atoms with Gasteiger partial charge in [0, 0.05) is 29.9 Å². The van der Waals surface area contributed by atoms with Gasteiger partial charge in [-0.25, -0.2) is 0 Å². The van der Waals surface area contributed by atoms with E-state index in [1.165, 1.54) is 23.0 Å². The largest absolute Gasteiger partial charge is 0.489 e. The molecule has 6 nitrogen and oxygen atoms in total. The van der Waals surface area contributed by atoms with Crippen molar-refractivity contribution in [3.05, 3.63) is 59.9 Å². The molecule has 1 aliphatic rings. The van der Waals surface area contributed by atoms with Gasteiger partial charge in [0.25, 0.3) is 0 Å². The van der Waals surface area contributed by atoms with Crippen LogP contribution in [0.15, 0.2) is 48.8 Å². The number of ether oxygens (including phenoxy) is 1. The molecule has 152 valence electrons. The van der Waals surface area contributed by atoms with E-state index in [2.05, 4.69) is 5.10 Å². The monoisotopic (exact) mass is 405 g/mol. The summed E-state index contributed by atoms with van der Waals surface area (Å²) in [5.41, 5.74) is 3.02. The van der Waals surface area contributed by atoms with Crippen LogP contribution in [0.1, 0.15) is 11.1 Å². The molecular weight excluding hydrogens is 387 g/mol. The minimum Gasteiger partial charge on any atom is -0.489 e. The number of nitrogens with zero attached hydrogens (tertiary/aromatic N) is 2. The van der Waals surface area contributed by atoms with Crippen LogP contribution < -0.4 is 10.5 Å². The predicted molar refractivity (Wildman–Crippen MR) is 98.8 cm³/mol. The maximum atomic E-state index is 14.1. The molecule has 2 unspecified atom stereocenters. The summed E-state index contributed by atoms with van der Waals surface area (Å²) in [7, 11) is 1.69. The van der Waals surface area contributed by atoms with Gasteiger partial charge in [0.1, 0.15) is 18.6 Å². The Hall–Kier alpha value is -2.88. The summed E-state index contributed by atoms with van der Waals surface area (Å²) < 4.78 is 49.3. The zero-order valence-corrected chi connectivity index (χ0v) is 15.3. The van der Waals surface area contributed by atoms with Gasteiger partial charge in [-0.05, 0) is 28.8 Å². The summed E-state index contributed by atoms with van der Waals surface area (Å²) in [6.45, 7) is -0.317. The van der Waals surface area contributed by atoms with Gasteiger partial charge in [-0.3, -0.25) is 4.68 Å². The maximum Gasteiger partial charge on any atom is 0.425 e. The van der Waals surface area contributed by atoms with Crippen molar-refractivity contribution in [2.24, 2.45) is 12.8 Å². The molecule has 29 heavy (non-hydrogen) atoms. The number of halogens is 3. The van der Waals surface area contributed by atoms with Gasteiger partial charge in [0.15, 0.2) is 0 Å². The number of hydrogen-bond acceptors (Lipinski definition) is 5. The smallest absolute Gasteiger partial charge is 0.425 e. The van der Waals surface area contributed by atoms with Crippen LogP contribution in [0.25, 0.3) is 22.3 Å². The number of hydrogen-bond donors (Lipinski definition) is 3. The number of aryl methyl sites for hydroxylation is 1. The van der Waals surface area contributed by atoms with Gasteiger partial charge in [0.2, 0.25) is 5.60 Å². The molecule has 1 aliphatic carbocycles. The van der Waals surface area contributed by atoms with E-state index in [0.717, 1.165) is 6.07 Å². The number of nitrogens with two attached hydrogens (primary N) is 1. The fraction of sp³-hybridized carbons (Fsp3) is 0.250. The molecular formula is C20H18F3N3O3. The lowest BCUT2D eigenvalue weighted by Gasteiger charge is -2.28. The van der Waals surface area contributed by atoms with Crippen LogP contribution in [0.4, 0.5) is 13.2 Å². The summed E-state index contributed by atoms with van der Waals surface area (Å²) in [6.07, 6.45) is -3.09. The second-order valence-electron chi connectivity index (χ2n) is 6.93. The average molecular weight is 405 g/mol. The molecule has 0 spiro atoms. The molecule has 0 aliphatic heterocycles. The fourth-order valence-corrected chi connectivity index (χ4v) is 3.71. The molecule has 1 aromatic heterocycles. The Kier molecular flexibility index (Phi) is 4.41. The van der Waals surface area contributed by atoms with Crippen LogP contribution >= 0.6 is 0 Å². The number of aliphatic hydroxyl groups is 2. The van der Waals surface area contributed by atoms with Crippen molar-refractivity contribution in [3.8, 4) is 28.0 Å². The zero-order valence-electron chi connectivity index (χ0n) is 15.3. The van der Waals surface area contributed by atoms with Crippen LogP contribution in [0.3, 0.4) is 0 Å². The molecule has 0 fully saturated rings. The first-order valence-electron chi connectivity index (χ1n) is 8.76. The molecule has 0 saturated heterocycles. The van der Waals surface area contributed by atoms with Crippen LogP contribution in [-0.2, 0) is 12.6 Å². The highest BCUT2D eigenvalue weighted by Gasteiger charge is 2.61. The number of fused-ring (bicyclic) bond motifs is 3. The number of alkyl halides is 3. The Balaban J connectivity index is 2.04. The molecule has 0 saturated carbocycles. The molecule has 3 aromatic rings. The third kappa shape index (κ3) is 2.98. The third-order valence-corrected chi connectivity index (χ3v) is 4.93. The standard InChI is InChI=1S/C20H18F3N3O3/c1-26-9-11(8-25-26)14-6-12(29-10-17(24)27)7-16-18(14)13-4-2-3-5-15(13)19(16,28)20(21,22)23/h2-9,17,27-28H,10,24H2,1H3. The van der Waals surface area contributed by atoms with Crippen molar-refractivity contribution in [3.63, 3.8) is 0 Å². The van der Waals surface area contributed by atoms with E-state index in [1.807, 2.05) is 0 Å². The van der Waals surface area contributed by atoms with Crippen molar-refractivity contribution in [2.45, 2.75) is 18.0 Å². The van der Waals surface area contributed by atoms with E-state index in [9.17, 15) is 23.4 Å². The fourth-order valence-electron chi connectivity index (χ4n) is 3.71. The molecule has 9 heteroatoms. The SMILES string of the molecule is Cn1cc(-c2cc(OCC(N)O)cc3c2-c2ccccc2C3(O)C(F)(F)F)cn1. The zero-order chi connectivity index (χ0) is 21.0. The minimum absolute atomic E-state index is 0.0441.